The molecule has 0 aliphatic heterocycles. The first kappa shape index (κ1) is 19.4. The summed E-state index contributed by atoms with van der Waals surface area (Å²) in [6, 6.07) is 8.27. The van der Waals surface area contributed by atoms with Crippen molar-refractivity contribution < 1.29 is 23.2 Å². The number of aryl methyl sites for hydroxylation is 2. The predicted octanol–water partition coefficient (Wildman–Crippen LogP) is 2.88. The summed E-state index contributed by atoms with van der Waals surface area (Å²) in [6.45, 7) is 4.69. The minimum absolute atomic E-state index is 0.156. The molecular weight excluding hydrogens is 360 g/mol. The lowest BCUT2D eigenvalue weighted by Crippen LogP contribution is -2.44. The molecule has 0 aliphatic carbocycles. The molecule has 1 N–H and O–H groups in total. The first-order valence-electron chi connectivity index (χ1n) is 7.65. The molecule has 26 heavy (non-hydrogen) atoms. The van der Waals surface area contributed by atoms with Gasteiger partial charge in [-0.05, 0) is 38.5 Å². The van der Waals surface area contributed by atoms with Gasteiger partial charge in [-0.25, -0.2) is 13.2 Å². The molecule has 0 radical (unpaired) electrons. The maximum absolute atomic E-state index is 13.2. The standard InChI is InChI=1S/C17H18N2O6S/c1-11-8-9-14(12(2)10-11)18(13(3)17(20)21)26(24,25)16-7-5-4-6-15(16)19(22)23/h4-10,13H,1-3H3,(H,20,21). The van der Waals surface area contributed by atoms with E-state index in [1.165, 1.54) is 25.1 Å². The van der Waals surface area contributed by atoms with Crippen LogP contribution in [0.4, 0.5) is 11.4 Å². The molecule has 1 unspecified atom stereocenters. The summed E-state index contributed by atoms with van der Waals surface area (Å²) in [7, 11) is -4.50. The summed E-state index contributed by atoms with van der Waals surface area (Å²) in [4.78, 5) is 21.4. The maximum atomic E-state index is 13.2. The topological polar surface area (TPSA) is 118 Å². The molecule has 8 nitrogen and oxygen atoms in total. The number of carboxylic acids is 1. The lowest BCUT2D eigenvalue weighted by molar-refractivity contribution is -0.387. The molecular formula is C17H18N2O6S. The van der Waals surface area contributed by atoms with E-state index in [1.54, 1.807) is 19.1 Å². The zero-order chi connectivity index (χ0) is 19.6. The van der Waals surface area contributed by atoms with Crippen molar-refractivity contribution in [2.75, 3.05) is 4.31 Å². The second-order valence-corrected chi connectivity index (χ2v) is 7.61. The van der Waals surface area contributed by atoms with Gasteiger partial charge in [0.2, 0.25) is 0 Å². The van der Waals surface area contributed by atoms with Crippen LogP contribution in [0.25, 0.3) is 0 Å². The number of nitro groups is 1. The van der Waals surface area contributed by atoms with Crippen LogP contribution < -0.4 is 4.31 Å². The largest absolute Gasteiger partial charge is 0.480 e. The molecule has 2 aromatic carbocycles. The van der Waals surface area contributed by atoms with Gasteiger partial charge in [0.1, 0.15) is 6.04 Å². The van der Waals surface area contributed by atoms with E-state index in [9.17, 15) is 28.4 Å². The van der Waals surface area contributed by atoms with Crippen LogP contribution in [0.3, 0.4) is 0 Å². The molecule has 2 aromatic rings. The molecule has 0 aliphatic rings. The van der Waals surface area contributed by atoms with Crippen LogP contribution in [0, 0.1) is 24.0 Å². The van der Waals surface area contributed by atoms with Gasteiger partial charge >= 0.3 is 5.97 Å². The monoisotopic (exact) mass is 378 g/mol. The summed E-state index contributed by atoms with van der Waals surface area (Å²) >= 11 is 0. The number of sulfonamides is 1. The first-order chi connectivity index (χ1) is 12.1. The Labute approximate surface area is 150 Å². The molecule has 0 saturated carbocycles. The highest BCUT2D eigenvalue weighted by Gasteiger charge is 2.37. The maximum Gasteiger partial charge on any atom is 0.327 e. The fourth-order valence-corrected chi connectivity index (χ4v) is 4.47. The SMILES string of the molecule is Cc1ccc(N(C(C)C(=O)O)S(=O)(=O)c2ccccc2[N+](=O)[O-])c(C)c1. The smallest absolute Gasteiger partial charge is 0.327 e. The third kappa shape index (κ3) is 3.52. The summed E-state index contributed by atoms with van der Waals surface area (Å²) in [6.07, 6.45) is 0. The fourth-order valence-electron chi connectivity index (χ4n) is 2.63. The number of nitrogens with zero attached hydrogens (tertiary/aromatic N) is 2. The first-order valence-corrected chi connectivity index (χ1v) is 9.09. The number of rotatable bonds is 6. The van der Waals surface area contributed by atoms with Crippen molar-refractivity contribution in [3.63, 3.8) is 0 Å². The van der Waals surface area contributed by atoms with E-state index in [0.29, 0.717) is 9.87 Å². The van der Waals surface area contributed by atoms with Gasteiger partial charge in [-0.3, -0.25) is 14.4 Å². The van der Waals surface area contributed by atoms with Crippen LogP contribution in [0.2, 0.25) is 0 Å². The lowest BCUT2D eigenvalue weighted by Gasteiger charge is -2.29. The van der Waals surface area contributed by atoms with Crippen LogP contribution in [0.1, 0.15) is 18.1 Å². The van der Waals surface area contributed by atoms with E-state index in [1.807, 2.05) is 6.92 Å². The van der Waals surface area contributed by atoms with E-state index in [0.717, 1.165) is 17.7 Å². The molecule has 0 saturated heterocycles. The van der Waals surface area contributed by atoms with Crippen molar-refractivity contribution >= 4 is 27.4 Å². The number of hydrogen-bond acceptors (Lipinski definition) is 5. The third-order valence-electron chi connectivity index (χ3n) is 3.90. The number of aliphatic carboxylic acids is 1. The van der Waals surface area contributed by atoms with Gasteiger partial charge in [0.15, 0.2) is 4.90 Å². The van der Waals surface area contributed by atoms with Gasteiger partial charge in [0.25, 0.3) is 15.7 Å². The third-order valence-corrected chi connectivity index (χ3v) is 5.83. The summed E-state index contributed by atoms with van der Waals surface area (Å²) < 4.78 is 27.1. The number of anilines is 1. The van der Waals surface area contributed by atoms with Crippen molar-refractivity contribution in [3.8, 4) is 0 Å². The minimum Gasteiger partial charge on any atom is -0.480 e. The van der Waals surface area contributed by atoms with Crippen molar-refractivity contribution in [1.29, 1.82) is 0 Å². The molecule has 138 valence electrons. The molecule has 0 aromatic heterocycles. The zero-order valence-corrected chi connectivity index (χ0v) is 15.2. The zero-order valence-electron chi connectivity index (χ0n) is 14.4. The highest BCUT2D eigenvalue weighted by Crippen LogP contribution is 2.33. The molecule has 0 spiro atoms. The summed E-state index contributed by atoms with van der Waals surface area (Å²) in [5.41, 5.74) is 0.959. The van der Waals surface area contributed by atoms with Crippen molar-refractivity contribution in [2.45, 2.75) is 31.7 Å². The predicted molar refractivity (Wildman–Crippen MR) is 95.8 cm³/mol. The van der Waals surface area contributed by atoms with E-state index in [-0.39, 0.29) is 5.69 Å². The highest BCUT2D eigenvalue weighted by atomic mass is 32.2. The summed E-state index contributed by atoms with van der Waals surface area (Å²) in [5, 5.41) is 20.7. The minimum atomic E-state index is -4.50. The van der Waals surface area contributed by atoms with Gasteiger partial charge < -0.3 is 5.11 Å². The van der Waals surface area contributed by atoms with E-state index in [2.05, 4.69) is 0 Å². The second-order valence-electron chi connectivity index (χ2n) is 5.83. The van der Waals surface area contributed by atoms with Gasteiger partial charge in [0, 0.05) is 6.07 Å². The van der Waals surface area contributed by atoms with Crippen LogP contribution in [-0.4, -0.2) is 30.5 Å². The molecule has 0 fully saturated rings. The number of carbonyl (C=O) groups is 1. The van der Waals surface area contributed by atoms with Gasteiger partial charge in [0.05, 0.1) is 10.6 Å². The average Bonchev–Trinajstić information content (AvgIpc) is 2.56. The molecule has 1 atom stereocenters. The Morgan fingerprint density at radius 3 is 2.35 bits per heavy atom. The lowest BCUT2D eigenvalue weighted by atomic mass is 10.1. The molecule has 0 heterocycles. The average molecular weight is 378 g/mol. The number of para-hydroxylation sites is 1. The van der Waals surface area contributed by atoms with Crippen LogP contribution in [0.15, 0.2) is 47.4 Å². The Morgan fingerprint density at radius 1 is 1.19 bits per heavy atom. The van der Waals surface area contributed by atoms with Gasteiger partial charge in [-0.2, -0.15) is 0 Å². The van der Waals surface area contributed by atoms with Crippen molar-refractivity contribution in [3.05, 3.63) is 63.7 Å². The molecule has 9 heteroatoms. The second kappa shape index (κ2) is 7.12. The number of carboxylic acid groups (broad SMARTS) is 1. The van der Waals surface area contributed by atoms with Crippen molar-refractivity contribution in [2.24, 2.45) is 0 Å². The Kier molecular flexibility index (Phi) is 5.31. The Balaban J connectivity index is 2.77. The van der Waals surface area contributed by atoms with E-state index < -0.39 is 37.5 Å². The quantitative estimate of drug-likeness (QED) is 0.610. The van der Waals surface area contributed by atoms with E-state index >= 15 is 0 Å². The normalized spacial score (nSPS) is 12.4. The molecule has 0 amide bonds. The number of hydrogen-bond donors (Lipinski definition) is 1. The highest BCUT2D eigenvalue weighted by molar-refractivity contribution is 7.93. The number of nitro benzene ring substituents is 1. The molecule has 2 rings (SSSR count). The Morgan fingerprint density at radius 2 is 1.81 bits per heavy atom. The van der Waals surface area contributed by atoms with Crippen molar-refractivity contribution in [1.82, 2.24) is 0 Å². The van der Waals surface area contributed by atoms with E-state index in [4.69, 9.17) is 0 Å². The summed E-state index contributed by atoms with van der Waals surface area (Å²) in [5.74, 6) is -1.37. The fraction of sp³-hybridized carbons (Fsp3) is 0.235. The Bertz CT molecular complexity index is 971. The molecule has 0 bridgehead atoms. The van der Waals surface area contributed by atoms with Crippen LogP contribution in [0.5, 0.6) is 0 Å². The van der Waals surface area contributed by atoms with Crippen LogP contribution >= 0.6 is 0 Å². The van der Waals surface area contributed by atoms with Gasteiger partial charge in [-0.15, -0.1) is 0 Å². The Hall–Kier alpha value is -2.94. The van der Waals surface area contributed by atoms with Gasteiger partial charge in [-0.1, -0.05) is 29.8 Å². The number of benzene rings is 2. The van der Waals surface area contributed by atoms with Crippen LogP contribution in [-0.2, 0) is 14.8 Å².